The minimum absolute atomic E-state index is 0.000403. The molecule has 6 aromatic rings. The maximum atomic E-state index is 14.0. The van der Waals surface area contributed by atoms with Crippen LogP contribution in [-0.2, 0) is 38.6 Å². The van der Waals surface area contributed by atoms with Gasteiger partial charge in [-0.15, -0.1) is 10.2 Å². The number of likely N-dealkylation sites (N-methyl/N-ethyl adjacent to an activating group) is 1. The van der Waals surface area contributed by atoms with Crippen molar-refractivity contribution in [2.24, 2.45) is 0 Å². The van der Waals surface area contributed by atoms with E-state index in [2.05, 4.69) is 15.5 Å². The van der Waals surface area contributed by atoms with Crippen LogP contribution in [0.5, 0.6) is 23.0 Å². The summed E-state index contributed by atoms with van der Waals surface area (Å²) in [6.07, 6.45) is -0.286. The third kappa shape index (κ3) is 8.38. The van der Waals surface area contributed by atoms with Crippen molar-refractivity contribution in [1.82, 2.24) is 39.4 Å². The van der Waals surface area contributed by atoms with E-state index in [4.69, 9.17) is 19.2 Å². The Morgan fingerprint density at radius 1 is 0.943 bits per heavy atom. The molecule has 4 N–H and O–H groups in total. The van der Waals surface area contributed by atoms with E-state index < -0.39 is 35.2 Å². The van der Waals surface area contributed by atoms with Crippen LogP contribution in [0.4, 0.5) is 4.79 Å². The SMILES string of the molecule is CCNC(=O)c1nnc(-c2cc(C(C)C)c(O)cc2O)n1-c1ccc(OC2(CC)CCN(C(=O)CN(C)C(=O)O[C@@H]3C(=O)OCc4c3cc3n(c4=O)Cc4c-3nc3ccc(O)cc3c4CC)CC2)cc1. The molecule has 6 heterocycles. The number of aryl methyl sites for hydroxylation is 1. The Morgan fingerprint density at radius 3 is 2.37 bits per heavy atom. The van der Waals surface area contributed by atoms with Gasteiger partial charge in [0.15, 0.2) is 5.82 Å². The fraction of sp³-hybridized carbons (Fsp3) is 0.373. The maximum Gasteiger partial charge on any atom is 0.411 e. The number of pyridine rings is 2. The summed E-state index contributed by atoms with van der Waals surface area (Å²) in [5.74, 6) is -1.15. The highest BCUT2D eigenvalue weighted by molar-refractivity contribution is 5.93. The van der Waals surface area contributed by atoms with Crippen molar-refractivity contribution in [3.63, 3.8) is 0 Å². The van der Waals surface area contributed by atoms with E-state index in [1.54, 1.807) is 75.6 Å². The first-order chi connectivity index (χ1) is 33.5. The van der Waals surface area contributed by atoms with E-state index >= 15 is 0 Å². The number of amides is 3. The molecule has 1 atom stereocenters. The van der Waals surface area contributed by atoms with Crippen molar-refractivity contribution >= 4 is 34.8 Å². The molecule has 19 heteroatoms. The molecule has 0 unspecified atom stereocenters. The lowest BCUT2D eigenvalue weighted by molar-refractivity contribution is -0.158. The lowest BCUT2D eigenvalue weighted by Gasteiger charge is -2.41. The molecule has 3 aromatic carbocycles. The highest BCUT2D eigenvalue weighted by Crippen LogP contribution is 2.41. The Labute approximate surface area is 402 Å². The van der Waals surface area contributed by atoms with Crippen molar-refractivity contribution in [1.29, 1.82) is 0 Å². The first-order valence-corrected chi connectivity index (χ1v) is 23.4. The van der Waals surface area contributed by atoms with Gasteiger partial charge < -0.3 is 49.2 Å². The lowest BCUT2D eigenvalue weighted by atomic mass is 9.88. The summed E-state index contributed by atoms with van der Waals surface area (Å²) in [5, 5.41) is 43.7. The number of benzene rings is 3. The van der Waals surface area contributed by atoms with E-state index in [9.17, 15) is 39.3 Å². The highest BCUT2D eigenvalue weighted by atomic mass is 16.6. The van der Waals surface area contributed by atoms with Gasteiger partial charge in [0.1, 0.15) is 41.8 Å². The predicted molar refractivity (Wildman–Crippen MR) is 255 cm³/mol. The Bertz CT molecular complexity index is 3150. The molecule has 0 spiro atoms. The standard InChI is InChI=1S/C51H54N8O11/c1-7-31-33-20-29(60)12-15-38(33)53-43-36(31)24-58-39(43)22-34-37(48(58)65)26-68-49(66)44(34)69-50(67)56(6)25-42(63)57-18-16-51(8-2,17-19-57)70-30-13-10-28(11-14-30)59-45(54-55-46(59)47(64)52-9-3)35-21-32(27(4)5)40(61)23-41(35)62/h10-15,20-23,27,44,60-62H,7-9,16-19,24-26H2,1-6H3,(H,52,64)/t44-/m0/s1. The number of rotatable bonds is 12. The number of phenols is 3. The summed E-state index contributed by atoms with van der Waals surface area (Å²) in [4.78, 5) is 75.2. The monoisotopic (exact) mass is 954 g/mol. The number of carbonyl (C=O) groups is 4. The first-order valence-electron chi connectivity index (χ1n) is 23.4. The molecule has 364 valence electrons. The average Bonchev–Trinajstić information content (AvgIpc) is 3.94. The van der Waals surface area contributed by atoms with Crippen molar-refractivity contribution in [2.75, 3.05) is 33.2 Å². The summed E-state index contributed by atoms with van der Waals surface area (Å²) in [6, 6.07) is 16.5. The number of hydrogen-bond donors (Lipinski definition) is 4. The van der Waals surface area contributed by atoms with E-state index in [0.717, 1.165) is 21.4 Å². The van der Waals surface area contributed by atoms with Crippen molar-refractivity contribution in [3.05, 3.63) is 105 Å². The number of carbonyl (C=O) groups excluding carboxylic acids is 4. The minimum Gasteiger partial charge on any atom is -0.508 e. The first kappa shape index (κ1) is 47.1. The van der Waals surface area contributed by atoms with E-state index in [1.807, 2.05) is 27.7 Å². The van der Waals surface area contributed by atoms with Crippen LogP contribution in [-0.4, -0.2) is 112 Å². The number of piperidine rings is 1. The highest BCUT2D eigenvalue weighted by Gasteiger charge is 2.40. The number of cyclic esters (lactones) is 1. The Kier molecular flexibility index (Phi) is 12.5. The molecule has 0 bridgehead atoms. The van der Waals surface area contributed by atoms with Gasteiger partial charge in [-0.05, 0) is 91.4 Å². The third-order valence-electron chi connectivity index (χ3n) is 13.6. The average molecular weight is 955 g/mol. The normalized spacial score (nSPS) is 15.8. The molecule has 3 aliphatic rings. The molecule has 3 aromatic heterocycles. The zero-order valence-corrected chi connectivity index (χ0v) is 39.7. The summed E-state index contributed by atoms with van der Waals surface area (Å²) < 4.78 is 20.8. The van der Waals surface area contributed by atoms with E-state index in [0.29, 0.717) is 79.2 Å². The topological polar surface area (TPSA) is 241 Å². The number of ether oxygens (including phenoxy) is 3. The van der Waals surface area contributed by atoms with Gasteiger partial charge in [-0.25, -0.2) is 14.6 Å². The molecule has 3 amide bonds. The second kappa shape index (κ2) is 18.5. The number of esters is 1. The molecule has 1 fully saturated rings. The quantitative estimate of drug-likeness (QED) is 0.0992. The van der Waals surface area contributed by atoms with Gasteiger partial charge in [-0.3, -0.25) is 19.0 Å². The number of aromatic hydroxyl groups is 3. The summed E-state index contributed by atoms with van der Waals surface area (Å²) in [5.41, 5.74) is 4.20. The van der Waals surface area contributed by atoms with Crippen LogP contribution in [0.1, 0.15) is 104 Å². The summed E-state index contributed by atoms with van der Waals surface area (Å²) in [6.45, 7) is 10.2. The zero-order valence-electron chi connectivity index (χ0n) is 39.7. The molecule has 9 rings (SSSR count). The molecular weight excluding hydrogens is 901 g/mol. The Morgan fingerprint density at radius 2 is 1.69 bits per heavy atom. The maximum absolute atomic E-state index is 14.0. The zero-order chi connectivity index (χ0) is 49.8. The van der Waals surface area contributed by atoms with Gasteiger partial charge in [0.05, 0.1) is 34.6 Å². The van der Waals surface area contributed by atoms with Crippen molar-refractivity contribution in [2.45, 2.75) is 91.1 Å². The van der Waals surface area contributed by atoms with Gasteiger partial charge in [0.2, 0.25) is 17.8 Å². The van der Waals surface area contributed by atoms with Gasteiger partial charge in [0.25, 0.3) is 11.5 Å². The van der Waals surface area contributed by atoms with Crippen LogP contribution < -0.4 is 15.6 Å². The minimum atomic E-state index is -1.56. The van der Waals surface area contributed by atoms with Crippen LogP contribution in [0.2, 0.25) is 0 Å². The van der Waals surface area contributed by atoms with Crippen LogP contribution in [0.15, 0.2) is 65.5 Å². The predicted octanol–water partition coefficient (Wildman–Crippen LogP) is 6.24. The fourth-order valence-corrected chi connectivity index (χ4v) is 9.69. The van der Waals surface area contributed by atoms with E-state index in [-0.39, 0.29) is 77.1 Å². The van der Waals surface area contributed by atoms with Crippen LogP contribution in [0.3, 0.4) is 0 Å². The Hall–Kier alpha value is -7.96. The fourth-order valence-electron chi connectivity index (χ4n) is 9.69. The molecule has 19 nitrogen and oxygen atoms in total. The number of nitrogens with one attached hydrogen (secondary N) is 1. The number of hydrogen-bond acceptors (Lipinski definition) is 14. The second-order valence-electron chi connectivity index (χ2n) is 18.2. The molecule has 0 saturated carbocycles. The third-order valence-corrected chi connectivity index (χ3v) is 13.6. The summed E-state index contributed by atoms with van der Waals surface area (Å²) >= 11 is 0. The van der Waals surface area contributed by atoms with Gasteiger partial charge in [-0.2, -0.15) is 0 Å². The van der Waals surface area contributed by atoms with Crippen LogP contribution in [0.25, 0.3) is 39.4 Å². The van der Waals surface area contributed by atoms with Gasteiger partial charge in [-0.1, -0.05) is 27.7 Å². The number of likely N-dealkylation sites (tertiary alicyclic amines) is 1. The van der Waals surface area contributed by atoms with E-state index in [1.165, 1.54) is 13.1 Å². The number of nitrogens with zero attached hydrogens (tertiary/aromatic N) is 7. The largest absolute Gasteiger partial charge is 0.508 e. The van der Waals surface area contributed by atoms with Gasteiger partial charge >= 0.3 is 12.1 Å². The van der Waals surface area contributed by atoms with Crippen LogP contribution in [0, 0.1) is 0 Å². The number of aromatic nitrogens is 5. The molecule has 0 radical (unpaired) electrons. The molecule has 1 saturated heterocycles. The Balaban J connectivity index is 0.864. The van der Waals surface area contributed by atoms with Gasteiger partial charge in [0, 0.05) is 67.8 Å². The van der Waals surface area contributed by atoms with Crippen molar-refractivity contribution < 1.29 is 48.7 Å². The molecule has 70 heavy (non-hydrogen) atoms. The van der Waals surface area contributed by atoms with Crippen LogP contribution >= 0.6 is 0 Å². The van der Waals surface area contributed by atoms with Crippen molar-refractivity contribution in [3.8, 4) is 51.5 Å². The molecule has 3 aliphatic heterocycles. The smallest absolute Gasteiger partial charge is 0.411 e. The number of phenolic OH excluding ortho intramolecular Hbond substituents is 3. The summed E-state index contributed by atoms with van der Waals surface area (Å²) in [7, 11) is 1.40. The molecular formula is C51H54N8O11. The second-order valence-corrected chi connectivity index (χ2v) is 18.2. The lowest BCUT2D eigenvalue weighted by Crippen LogP contribution is -2.51. The molecule has 0 aliphatic carbocycles. The number of fused-ring (bicyclic) bond motifs is 5.